The molecule has 0 aliphatic carbocycles. The van der Waals surface area contributed by atoms with Crippen LogP contribution in [0.15, 0.2) is 0 Å². The highest BCUT2D eigenvalue weighted by atomic mass is 32.2. The van der Waals surface area contributed by atoms with Crippen LogP contribution in [-0.4, -0.2) is 17.8 Å². The van der Waals surface area contributed by atoms with Crippen LogP contribution >= 0.6 is 11.8 Å². The molecule has 0 saturated carbocycles. The summed E-state index contributed by atoms with van der Waals surface area (Å²) in [5.41, 5.74) is 0. The molecule has 0 spiro atoms. The largest absolute Gasteiger partial charge is 0.303 e. The summed E-state index contributed by atoms with van der Waals surface area (Å²) in [6.45, 7) is 2.29. The first kappa shape index (κ1) is 24.0. The smallest absolute Gasteiger partial charge is 0.119 e. The van der Waals surface area contributed by atoms with Gasteiger partial charge in [0.1, 0.15) is 6.29 Å². The molecule has 24 heavy (non-hydrogen) atoms. The number of hydrogen-bond donors (Lipinski definition) is 0. The second-order valence-corrected chi connectivity index (χ2v) is 8.45. The Balaban J connectivity index is 2.94. The van der Waals surface area contributed by atoms with Crippen molar-refractivity contribution in [2.24, 2.45) is 0 Å². The fourth-order valence-corrected chi connectivity index (χ4v) is 4.13. The van der Waals surface area contributed by atoms with Gasteiger partial charge in [-0.1, -0.05) is 96.8 Å². The lowest BCUT2D eigenvalue weighted by atomic mass is 10.1. The van der Waals surface area contributed by atoms with Crippen LogP contribution in [0.2, 0.25) is 0 Å². The molecule has 0 aliphatic rings. The van der Waals surface area contributed by atoms with Crippen LogP contribution in [0.5, 0.6) is 0 Å². The van der Waals surface area contributed by atoms with Gasteiger partial charge >= 0.3 is 0 Å². The minimum atomic E-state index is 0.760. The zero-order valence-electron chi connectivity index (χ0n) is 16.5. The Hall–Kier alpha value is 0.0200. The van der Waals surface area contributed by atoms with E-state index in [4.69, 9.17) is 0 Å². The van der Waals surface area contributed by atoms with E-state index in [9.17, 15) is 4.79 Å². The zero-order chi connectivity index (χ0) is 17.6. The molecule has 0 N–H and O–H groups in total. The van der Waals surface area contributed by atoms with Crippen molar-refractivity contribution in [3.63, 3.8) is 0 Å². The van der Waals surface area contributed by atoms with Gasteiger partial charge in [0, 0.05) is 6.42 Å². The van der Waals surface area contributed by atoms with Crippen LogP contribution in [0, 0.1) is 0 Å². The molecular weight excluding hydrogens is 312 g/mol. The molecule has 0 aromatic carbocycles. The SMILES string of the molecule is CCCCCCCCCCCCSCCCCCCCCCC=O. The Morgan fingerprint density at radius 2 is 0.917 bits per heavy atom. The lowest BCUT2D eigenvalue weighted by molar-refractivity contribution is -0.107. The lowest BCUT2D eigenvalue weighted by Gasteiger charge is -2.04. The van der Waals surface area contributed by atoms with Gasteiger partial charge in [0.25, 0.3) is 0 Å². The Kier molecular flexibility index (Phi) is 23.0. The molecule has 0 rings (SSSR count). The predicted octanol–water partition coefficient (Wildman–Crippen LogP) is 7.96. The Labute approximate surface area is 157 Å². The quantitative estimate of drug-likeness (QED) is 0.153. The number of aldehydes is 1. The van der Waals surface area contributed by atoms with E-state index in [0.717, 1.165) is 19.1 Å². The number of unbranched alkanes of at least 4 members (excludes halogenated alkanes) is 16. The van der Waals surface area contributed by atoms with E-state index in [1.165, 1.54) is 114 Å². The van der Waals surface area contributed by atoms with Crippen LogP contribution in [-0.2, 0) is 4.79 Å². The fourth-order valence-electron chi connectivity index (χ4n) is 3.11. The number of carbonyl (C=O) groups is 1. The molecule has 0 fully saturated rings. The fraction of sp³-hybridized carbons (Fsp3) is 0.955. The van der Waals surface area contributed by atoms with Gasteiger partial charge in [0.2, 0.25) is 0 Å². The molecule has 0 aromatic heterocycles. The van der Waals surface area contributed by atoms with Crippen LogP contribution in [0.1, 0.15) is 122 Å². The van der Waals surface area contributed by atoms with Gasteiger partial charge < -0.3 is 4.79 Å². The van der Waals surface area contributed by atoms with Crippen molar-refractivity contribution in [2.75, 3.05) is 11.5 Å². The Morgan fingerprint density at radius 1 is 0.542 bits per heavy atom. The van der Waals surface area contributed by atoms with E-state index >= 15 is 0 Å². The molecule has 1 nitrogen and oxygen atoms in total. The molecule has 0 unspecified atom stereocenters. The maximum Gasteiger partial charge on any atom is 0.119 e. The predicted molar refractivity (Wildman–Crippen MR) is 112 cm³/mol. The number of hydrogen-bond acceptors (Lipinski definition) is 2. The first-order valence-electron chi connectivity index (χ1n) is 10.9. The minimum Gasteiger partial charge on any atom is -0.303 e. The number of rotatable bonds is 21. The molecular formula is C22H44OS. The highest BCUT2D eigenvalue weighted by Crippen LogP contribution is 2.14. The molecule has 0 saturated heterocycles. The summed E-state index contributed by atoms with van der Waals surface area (Å²) in [4.78, 5) is 10.2. The standard InChI is InChI=1S/C22H44OS/c1-2-3-4-5-6-7-9-12-15-18-21-24-22-19-16-13-10-8-11-14-17-20-23/h20H,2-19,21-22H2,1H3. The van der Waals surface area contributed by atoms with Gasteiger partial charge in [0.05, 0.1) is 0 Å². The first-order valence-corrected chi connectivity index (χ1v) is 12.1. The van der Waals surface area contributed by atoms with Crippen molar-refractivity contribution in [1.29, 1.82) is 0 Å². The van der Waals surface area contributed by atoms with Crippen molar-refractivity contribution in [3.8, 4) is 0 Å². The van der Waals surface area contributed by atoms with Gasteiger partial charge in [-0.15, -0.1) is 0 Å². The van der Waals surface area contributed by atoms with Gasteiger partial charge in [-0.2, -0.15) is 11.8 Å². The molecule has 0 radical (unpaired) electrons. The summed E-state index contributed by atoms with van der Waals surface area (Å²) in [7, 11) is 0. The normalized spacial score (nSPS) is 11.0. The minimum absolute atomic E-state index is 0.760. The average molecular weight is 357 g/mol. The van der Waals surface area contributed by atoms with E-state index in [-0.39, 0.29) is 0 Å². The molecule has 0 aliphatic heterocycles. The van der Waals surface area contributed by atoms with Crippen LogP contribution < -0.4 is 0 Å². The molecule has 0 heterocycles. The van der Waals surface area contributed by atoms with Crippen molar-refractivity contribution in [2.45, 2.75) is 122 Å². The molecule has 144 valence electrons. The average Bonchev–Trinajstić information content (AvgIpc) is 2.60. The molecule has 0 atom stereocenters. The second kappa shape index (κ2) is 23.0. The van der Waals surface area contributed by atoms with Crippen molar-refractivity contribution < 1.29 is 4.79 Å². The summed E-state index contributed by atoms with van der Waals surface area (Å²) >= 11 is 2.17. The summed E-state index contributed by atoms with van der Waals surface area (Å²) in [5, 5.41) is 0. The van der Waals surface area contributed by atoms with E-state index < -0.39 is 0 Å². The summed E-state index contributed by atoms with van der Waals surface area (Å²) in [6, 6.07) is 0. The zero-order valence-corrected chi connectivity index (χ0v) is 17.4. The first-order chi connectivity index (χ1) is 11.9. The monoisotopic (exact) mass is 356 g/mol. The van der Waals surface area contributed by atoms with E-state index in [1.807, 2.05) is 0 Å². The molecule has 0 bridgehead atoms. The Bertz CT molecular complexity index is 230. The molecule has 0 amide bonds. The van der Waals surface area contributed by atoms with E-state index in [1.54, 1.807) is 0 Å². The van der Waals surface area contributed by atoms with Crippen molar-refractivity contribution >= 4 is 18.0 Å². The van der Waals surface area contributed by atoms with E-state index in [0.29, 0.717) is 0 Å². The third kappa shape index (κ3) is 22.0. The highest BCUT2D eigenvalue weighted by molar-refractivity contribution is 7.99. The summed E-state index contributed by atoms with van der Waals surface area (Å²) in [6.07, 6.45) is 25.4. The topological polar surface area (TPSA) is 17.1 Å². The lowest BCUT2D eigenvalue weighted by Crippen LogP contribution is -1.87. The van der Waals surface area contributed by atoms with Crippen LogP contribution in [0.25, 0.3) is 0 Å². The van der Waals surface area contributed by atoms with Gasteiger partial charge in [-0.05, 0) is 30.8 Å². The third-order valence-corrected chi connectivity index (χ3v) is 5.91. The molecule has 2 heteroatoms. The number of thioether (sulfide) groups is 1. The van der Waals surface area contributed by atoms with E-state index in [2.05, 4.69) is 18.7 Å². The van der Waals surface area contributed by atoms with Gasteiger partial charge in [0.15, 0.2) is 0 Å². The van der Waals surface area contributed by atoms with Gasteiger partial charge in [-0.3, -0.25) is 0 Å². The summed E-state index contributed by atoms with van der Waals surface area (Å²) < 4.78 is 0. The number of carbonyl (C=O) groups excluding carboxylic acids is 1. The van der Waals surface area contributed by atoms with Crippen molar-refractivity contribution in [3.05, 3.63) is 0 Å². The van der Waals surface area contributed by atoms with Crippen molar-refractivity contribution in [1.82, 2.24) is 0 Å². The Morgan fingerprint density at radius 3 is 1.33 bits per heavy atom. The summed E-state index contributed by atoms with van der Waals surface area (Å²) in [5.74, 6) is 2.74. The van der Waals surface area contributed by atoms with Crippen LogP contribution in [0.4, 0.5) is 0 Å². The second-order valence-electron chi connectivity index (χ2n) is 7.22. The maximum atomic E-state index is 10.2. The van der Waals surface area contributed by atoms with Gasteiger partial charge in [-0.25, -0.2) is 0 Å². The highest BCUT2D eigenvalue weighted by Gasteiger charge is 1.95. The van der Waals surface area contributed by atoms with Crippen LogP contribution in [0.3, 0.4) is 0 Å². The third-order valence-electron chi connectivity index (χ3n) is 4.75. The molecule has 0 aromatic rings. The maximum absolute atomic E-state index is 10.2.